The summed E-state index contributed by atoms with van der Waals surface area (Å²) in [6, 6.07) is 6.79. The maximum absolute atomic E-state index is 3.26. The summed E-state index contributed by atoms with van der Waals surface area (Å²) in [6.45, 7) is 8.01. The molecule has 18 heavy (non-hydrogen) atoms. The second-order valence-electron chi connectivity index (χ2n) is 5.61. The van der Waals surface area contributed by atoms with Crippen LogP contribution in [-0.2, 0) is 0 Å². The molecule has 0 bridgehead atoms. The molecule has 0 saturated carbocycles. The van der Waals surface area contributed by atoms with Crippen molar-refractivity contribution in [2.24, 2.45) is 5.92 Å². The fourth-order valence-corrected chi connectivity index (χ4v) is 2.87. The molecule has 0 atom stereocenters. The number of piperidine rings is 1. The first kappa shape index (κ1) is 13.4. The van der Waals surface area contributed by atoms with Crippen LogP contribution < -0.4 is 10.2 Å². The lowest BCUT2D eigenvalue weighted by Crippen LogP contribution is -2.34. The number of rotatable bonds is 4. The topological polar surface area (TPSA) is 15.3 Å². The van der Waals surface area contributed by atoms with Gasteiger partial charge in [0.1, 0.15) is 0 Å². The molecule has 1 aliphatic rings. The van der Waals surface area contributed by atoms with Crippen molar-refractivity contribution >= 4 is 5.69 Å². The Hall–Kier alpha value is -1.02. The SMILES string of the molecule is CNCCC1CCN(c2cc(C)ccc2C)CC1. The summed E-state index contributed by atoms with van der Waals surface area (Å²) in [5.74, 6) is 0.916. The zero-order valence-corrected chi connectivity index (χ0v) is 12.0. The Kier molecular flexibility index (Phi) is 4.65. The van der Waals surface area contributed by atoms with E-state index < -0.39 is 0 Å². The van der Waals surface area contributed by atoms with E-state index in [2.05, 4.69) is 42.3 Å². The highest BCUT2D eigenvalue weighted by molar-refractivity contribution is 5.55. The molecule has 1 fully saturated rings. The van der Waals surface area contributed by atoms with E-state index in [9.17, 15) is 0 Å². The number of hydrogen-bond acceptors (Lipinski definition) is 2. The molecular weight excluding hydrogens is 220 g/mol. The van der Waals surface area contributed by atoms with Crippen LogP contribution in [0.2, 0.25) is 0 Å². The van der Waals surface area contributed by atoms with Gasteiger partial charge in [0.05, 0.1) is 0 Å². The Labute approximate surface area is 111 Å². The van der Waals surface area contributed by atoms with Crippen LogP contribution in [0.1, 0.15) is 30.4 Å². The zero-order valence-electron chi connectivity index (χ0n) is 12.0. The van der Waals surface area contributed by atoms with Crippen molar-refractivity contribution in [2.45, 2.75) is 33.1 Å². The van der Waals surface area contributed by atoms with Crippen LogP contribution in [0.5, 0.6) is 0 Å². The summed E-state index contributed by atoms with van der Waals surface area (Å²) in [5, 5.41) is 3.26. The third-order valence-corrected chi connectivity index (χ3v) is 4.12. The molecular formula is C16H26N2. The second-order valence-corrected chi connectivity index (χ2v) is 5.61. The minimum atomic E-state index is 0.916. The van der Waals surface area contributed by atoms with Crippen molar-refractivity contribution < 1.29 is 0 Å². The minimum absolute atomic E-state index is 0.916. The smallest absolute Gasteiger partial charge is 0.0398 e. The third kappa shape index (κ3) is 3.26. The lowest BCUT2D eigenvalue weighted by atomic mass is 9.93. The maximum atomic E-state index is 3.26. The molecule has 1 N–H and O–H groups in total. The van der Waals surface area contributed by atoms with Gasteiger partial charge in [-0.1, -0.05) is 12.1 Å². The minimum Gasteiger partial charge on any atom is -0.371 e. The van der Waals surface area contributed by atoms with E-state index in [1.807, 2.05) is 7.05 Å². The Morgan fingerprint density at radius 3 is 2.61 bits per heavy atom. The van der Waals surface area contributed by atoms with Crippen LogP contribution in [0.25, 0.3) is 0 Å². The van der Waals surface area contributed by atoms with Gasteiger partial charge in [0.25, 0.3) is 0 Å². The molecule has 0 aliphatic carbocycles. The van der Waals surface area contributed by atoms with Crippen LogP contribution in [-0.4, -0.2) is 26.7 Å². The molecule has 1 aromatic carbocycles. The fourth-order valence-electron chi connectivity index (χ4n) is 2.87. The highest BCUT2D eigenvalue weighted by atomic mass is 15.1. The van der Waals surface area contributed by atoms with Crippen molar-refractivity contribution in [1.29, 1.82) is 0 Å². The number of benzene rings is 1. The van der Waals surface area contributed by atoms with Gasteiger partial charge in [-0.2, -0.15) is 0 Å². The van der Waals surface area contributed by atoms with E-state index in [1.54, 1.807) is 0 Å². The molecule has 0 unspecified atom stereocenters. The Balaban J connectivity index is 1.94. The molecule has 0 radical (unpaired) electrons. The van der Waals surface area contributed by atoms with Gasteiger partial charge in [-0.15, -0.1) is 0 Å². The molecule has 0 amide bonds. The molecule has 0 aromatic heterocycles. The Bertz CT molecular complexity index is 379. The highest BCUT2D eigenvalue weighted by Gasteiger charge is 2.19. The summed E-state index contributed by atoms with van der Waals surface area (Å²) >= 11 is 0. The summed E-state index contributed by atoms with van der Waals surface area (Å²) in [7, 11) is 2.05. The number of anilines is 1. The molecule has 2 heteroatoms. The summed E-state index contributed by atoms with van der Waals surface area (Å²) in [5.41, 5.74) is 4.23. The van der Waals surface area contributed by atoms with Gasteiger partial charge in [0.15, 0.2) is 0 Å². The molecule has 1 saturated heterocycles. The van der Waals surface area contributed by atoms with Crippen molar-refractivity contribution in [1.82, 2.24) is 5.32 Å². The molecule has 2 nitrogen and oxygen atoms in total. The Morgan fingerprint density at radius 2 is 1.94 bits per heavy atom. The first-order valence-corrected chi connectivity index (χ1v) is 7.17. The Morgan fingerprint density at radius 1 is 1.22 bits per heavy atom. The maximum Gasteiger partial charge on any atom is 0.0398 e. The lowest BCUT2D eigenvalue weighted by Gasteiger charge is -2.34. The van der Waals surface area contributed by atoms with Gasteiger partial charge in [0, 0.05) is 18.8 Å². The molecule has 0 spiro atoms. The largest absolute Gasteiger partial charge is 0.371 e. The van der Waals surface area contributed by atoms with Crippen LogP contribution in [0, 0.1) is 19.8 Å². The predicted octanol–water partition coefficient (Wildman–Crippen LogP) is 3.13. The van der Waals surface area contributed by atoms with Crippen LogP contribution >= 0.6 is 0 Å². The van der Waals surface area contributed by atoms with Crippen molar-refractivity contribution in [3.8, 4) is 0 Å². The standard InChI is InChI=1S/C16H26N2/c1-13-4-5-14(2)16(12-13)18-10-7-15(8-11-18)6-9-17-3/h4-5,12,15,17H,6-11H2,1-3H3. The van der Waals surface area contributed by atoms with Gasteiger partial charge in [-0.05, 0) is 69.8 Å². The van der Waals surface area contributed by atoms with Gasteiger partial charge in [-0.3, -0.25) is 0 Å². The quantitative estimate of drug-likeness (QED) is 0.878. The first-order chi connectivity index (χ1) is 8.70. The average Bonchev–Trinajstić information content (AvgIpc) is 2.40. The third-order valence-electron chi connectivity index (χ3n) is 4.12. The summed E-state index contributed by atoms with van der Waals surface area (Å²) in [4.78, 5) is 2.57. The van der Waals surface area contributed by atoms with Gasteiger partial charge >= 0.3 is 0 Å². The van der Waals surface area contributed by atoms with Crippen LogP contribution in [0.4, 0.5) is 5.69 Å². The van der Waals surface area contributed by atoms with Gasteiger partial charge in [-0.25, -0.2) is 0 Å². The fraction of sp³-hybridized carbons (Fsp3) is 0.625. The molecule has 1 heterocycles. The van der Waals surface area contributed by atoms with Crippen LogP contribution in [0.3, 0.4) is 0 Å². The van der Waals surface area contributed by atoms with Crippen molar-refractivity contribution in [3.05, 3.63) is 29.3 Å². The second kappa shape index (κ2) is 6.24. The van der Waals surface area contributed by atoms with E-state index in [0.29, 0.717) is 0 Å². The van der Waals surface area contributed by atoms with E-state index in [0.717, 1.165) is 12.5 Å². The van der Waals surface area contributed by atoms with Gasteiger partial charge in [0.2, 0.25) is 0 Å². The van der Waals surface area contributed by atoms with E-state index in [-0.39, 0.29) is 0 Å². The molecule has 1 aliphatic heterocycles. The molecule has 2 rings (SSSR count). The predicted molar refractivity (Wildman–Crippen MR) is 79.4 cm³/mol. The average molecular weight is 246 g/mol. The monoisotopic (exact) mass is 246 g/mol. The van der Waals surface area contributed by atoms with Crippen molar-refractivity contribution in [2.75, 3.05) is 31.6 Å². The number of nitrogens with one attached hydrogen (secondary N) is 1. The zero-order chi connectivity index (χ0) is 13.0. The van der Waals surface area contributed by atoms with E-state index in [1.165, 1.54) is 49.2 Å². The number of hydrogen-bond donors (Lipinski definition) is 1. The van der Waals surface area contributed by atoms with E-state index >= 15 is 0 Å². The molecule has 100 valence electrons. The van der Waals surface area contributed by atoms with E-state index in [4.69, 9.17) is 0 Å². The highest BCUT2D eigenvalue weighted by Crippen LogP contribution is 2.28. The summed E-state index contributed by atoms with van der Waals surface area (Å²) < 4.78 is 0. The summed E-state index contributed by atoms with van der Waals surface area (Å²) in [6.07, 6.45) is 4.02. The first-order valence-electron chi connectivity index (χ1n) is 7.17. The van der Waals surface area contributed by atoms with Crippen molar-refractivity contribution in [3.63, 3.8) is 0 Å². The van der Waals surface area contributed by atoms with Crippen LogP contribution in [0.15, 0.2) is 18.2 Å². The number of aryl methyl sites for hydroxylation is 2. The number of nitrogens with zero attached hydrogens (tertiary/aromatic N) is 1. The molecule has 1 aromatic rings. The normalized spacial score (nSPS) is 17.2. The van der Waals surface area contributed by atoms with Gasteiger partial charge < -0.3 is 10.2 Å². The lowest BCUT2D eigenvalue weighted by molar-refractivity contribution is 0.378.